The highest BCUT2D eigenvalue weighted by Crippen LogP contribution is 2.32. The van der Waals surface area contributed by atoms with Gasteiger partial charge < -0.3 is 15.0 Å². The molecule has 1 fully saturated rings. The Hall–Kier alpha value is -2.82. The van der Waals surface area contributed by atoms with Crippen molar-refractivity contribution in [2.75, 3.05) is 20.2 Å². The number of carbonyl (C=O) groups excluding carboxylic acids is 2. The van der Waals surface area contributed by atoms with Crippen LogP contribution in [-0.4, -0.2) is 36.9 Å². The predicted octanol–water partition coefficient (Wildman–Crippen LogP) is 3.10. The highest BCUT2D eigenvalue weighted by atomic mass is 16.5. The average Bonchev–Trinajstić information content (AvgIpc) is 3.16. The lowest BCUT2D eigenvalue weighted by Gasteiger charge is -2.25. The van der Waals surface area contributed by atoms with E-state index in [1.807, 2.05) is 54.3 Å². The molecule has 0 spiro atoms. The monoisotopic (exact) mass is 352 g/mol. The van der Waals surface area contributed by atoms with E-state index in [1.54, 1.807) is 13.2 Å². The van der Waals surface area contributed by atoms with Gasteiger partial charge in [0.1, 0.15) is 5.75 Å². The molecule has 1 aliphatic heterocycles. The van der Waals surface area contributed by atoms with Crippen molar-refractivity contribution >= 4 is 11.8 Å². The van der Waals surface area contributed by atoms with Crippen LogP contribution in [0.3, 0.4) is 0 Å². The minimum Gasteiger partial charge on any atom is -0.497 e. The highest BCUT2D eigenvalue weighted by Gasteiger charge is 2.29. The van der Waals surface area contributed by atoms with Gasteiger partial charge in [0.15, 0.2) is 0 Å². The second-order valence-electron chi connectivity index (χ2n) is 6.57. The molecule has 0 radical (unpaired) electrons. The Bertz CT molecular complexity index is 786. The Labute approximate surface area is 154 Å². The Kier molecular flexibility index (Phi) is 5.56. The summed E-state index contributed by atoms with van der Waals surface area (Å²) in [4.78, 5) is 26.7. The molecule has 1 aliphatic rings. The normalized spacial score (nSPS) is 16.4. The Morgan fingerprint density at radius 1 is 1.19 bits per heavy atom. The smallest absolute Gasteiger partial charge is 0.251 e. The number of carbonyl (C=O) groups is 2. The van der Waals surface area contributed by atoms with E-state index in [0.717, 1.165) is 36.3 Å². The SMILES string of the molecule is COc1ccc([C@@H]2CCCN2C(=O)CNC(=O)c2cccc(C)c2)cc1. The van der Waals surface area contributed by atoms with E-state index in [1.165, 1.54) is 0 Å². The zero-order valence-electron chi connectivity index (χ0n) is 15.2. The van der Waals surface area contributed by atoms with Crippen molar-refractivity contribution in [3.8, 4) is 5.75 Å². The molecule has 5 heteroatoms. The number of nitrogens with zero attached hydrogens (tertiary/aromatic N) is 1. The molecule has 136 valence electrons. The molecule has 1 N–H and O–H groups in total. The number of aryl methyl sites for hydroxylation is 1. The third-order valence-electron chi connectivity index (χ3n) is 4.75. The first-order chi connectivity index (χ1) is 12.6. The van der Waals surface area contributed by atoms with Gasteiger partial charge >= 0.3 is 0 Å². The van der Waals surface area contributed by atoms with Gasteiger partial charge in [0.25, 0.3) is 5.91 Å². The van der Waals surface area contributed by atoms with Crippen LogP contribution < -0.4 is 10.1 Å². The topological polar surface area (TPSA) is 58.6 Å². The average molecular weight is 352 g/mol. The molecule has 1 heterocycles. The minimum absolute atomic E-state index is 0.0133. The number of benzene rings is 2. The van der Waals surface area contributed by atoms with Gasteiger partial charge in [0, 0.05) is 12.1 Å². The molecule has 5 nitrogen and oxygen atoms in total. The van der Waals surface area contributed by atoms with E-state index in [9.17, 15) is 9.59 Å². The van der Waals surface area contributed by atoms with E-state index < -0.39 is 0 Å². The van der Waals surface area contributed by atoms with E-state index in [0.29, 0.717) is 5.56 Å². The first-order valence-electron chi connectivity index (χ1n) is 8.87. The second kappa shape index (κ2) is 8.04. The Morgan fingerprint density at radius 2 is 1.96 bits per heavy atom. The van der Waals surface area contributed by atoms with Crippen molar-refractivity contribution in [2.45, 2.75) is 25.8 Å². The van der Waals surface area contributed by atoms with E-state index in [2.05, 4.69) is 5.32 Å². The van der Waals surface area contributed by atoms with Crippen molar-refractivity contribution in [1.29, 1.82) is 0 Å². The Morgan fingerprint density at radius 3 is 2.65 bits per heavy atom. The summed E-state index contributed by atoms with van der Waals surface area (Å²) >= 11 is 0. The molecule has 2 aromatic rings. The van der Waals surface area contributed by atoms with Crippen LogP contribution in [0.1, 0.15) is 40.4 Å². The maximum Gasteiger partial charge on any atom is 0.251 e. The first-order valence-corrected chi connectivity index (χ1v) is 8.87. The first kappa shape index (κ1) is 18.0. The number of hydrogen-bond acceptors (Lipinski definition) is 3. The fraction of sp³-hybridized carbons (Fsp3) is 0.333. The fourth-order valence-electron chi connectivity index (χ4n) is 3.38. The molecule has 1 atom stereocenters. The third kappa shape index (κ3) is 4.04. The number of nitrogens with one attached hydrogen (secondary N) is 1. The number of amides is 2. The molecule has 0 unspecified atom stereocenters. The lowest BCUT2D eigenvalue weighted by atomic mass is 10.0. The second-order valence-corrected chi connectivity index (χ2v) is 6.57. The van der Waals surface area contributed by atoms with Gasteiger partial charge in [-0.25, -0.2) is 0 Å². The molecule has 3 rings (SSSR count). The van der Waals surface area contributed by atoms with Crippen molar-refractivity contribution in [1.82, 2.24) is 10.2 Å². The van der Waals surface area contributed by atoms with Gasteiger partial charge in [0.05, 0.1) is 19.7 Å². The summed E-state index contributed by atoms with van der Waals surface area (Å²) in [6.07, 6.45) is 1.90. The van der Waals surface area contributed by atoms with Crippen LogP contribution in [0.15, 0.2) is 48.5 Å². The van der Waals surface area contributed by atoms with Crippen LogP contribution in [0.4, 0.5) is 0 Å². The number of methoxy groups -OCH3 is 1. The standard InChI is InChI=1S/C21H24N2O3/c1-15-5-3-6-17(13-15)21(25)22-14-20(24)23-12-4-7-19(23)16-8-10-18(26-2)11-9-16/h3,5-6,8-11,13,19H,4,7,12,14H2,1-2H3,(H,22,25)/t19-/m0/s1. The highest BCUT2D eigenvalue weighted by molar-refractivity contribution is 5.96. The lowest BCUT2D eigenvalue weighted by Crippen LogP contribution is -2.39. The zero-order valence-corrected chi connectivity index (χ0v) is 15.2. The lowest BCUT2D eigenvalue weighted by molar-refractivity contribution is -0.131. The summed E-state index contributed by atoms with van der Waals surface area (Å²) in [6, 6.07) is 15.2. The van der Waals surface area contributed by atoms with Crippen LogP contribution in [0, 0.1) is 6.92 Å². The molecule has 0 bridgehead atoms. The quantitative estimate of drug-likeness (QED) is 0.900. The maximum atomic E-state index is 12.6. The summed E-state index contributed by atoms with van der Waals surface area (Å²) < 4.78 is 5.19. The summed E-state index contributed by atoms with van der Waals surface area (Å²) in [5, 5.41) is 2.74. The summed E-state index contributed by atoms with van der Waals surface area (Å²) in [5.74, 6) is 0.529. The molecular formula is C21H24N2O3. The van der Waals surface area contributed by atoms with E-state index in [4.69, 9.17) is 4.74 Å². The summed E-state index contributed by atoms with van der Waals surface area (Å²) in [7, 11) is 1.64. The maximum absolute atomic E-state index is 12.6. The number of hydrogen-bond donors (Lipinski definition) is 1. The molecule has 2 aromatic carbocycles. The van der Waals surface area contributed by atoms with Crippen LogP contribution in [0.5, 0.6) is 5.75 Å². The van der Waals surface area contributed by atoms with Gasteiger partial charge in [-0.15, -0.1) is 0 Å². The number of likely N-dealkylation sites (tertiary alicyclic amines) is 1. The molecule has 0 aliphatic carbocycles. The molecular weight excluding hydrogens is 328 g/mol. The number of rotatable bonds is 5. The van der Waals surface area contributed by atoms with Crippen molar-refractivity contribution in [2.24, 2.45) is 0 Å². The van der Waals surface area contributed by atoms with Crippen molar-refractivity contribution in [3.05, 3.63) is 65.2 Å². The molecule has 0 aromatic heterocycles. The van der Waals surface area contributed by atoms with Gasteiger partial charge in [-0.1, -0.05) is 29.8 Å². The molecule has 26 heavy (non-hydrogen) atoms. The number of ether oxygens (including phenoxy) is 1. The third-order valence-corrected chi connectivity index (χ3v) is 4.75. The largest absolute Gasteiger partial charge is 0.497 e. The van der Waals surface area contributed by atoms with Gasteiger partial charge in [-0.2, -0.15) is 0 Å². The summed E-state index contributed by atoms with van der Waals surface area (Å²) in [6.45, 7) is 2.67. The van der Waals surface area contributed by atoms with Crippen LogP contribution >= 0.6 is 0 Å². The van der Waals surface area contributed by atoms with Crippen molar-refractivity contribution < 1.29 is 14.3 Å². The molecule has 2 amide bonds. The van der Waals surface area contributed by atoms with Gasteiger partial charge in [-0.05, 0) is 49.6 Å². The summed E-state index contributed by atoms with van der Waals surface area (Å²) in [5.41, 5.74) is 2.69. The van der Waals surface area contributed by atoms with Crippen LogP contribution in [-0.2, 0) is 4.79 Å². The van der Waals surface area contributed by atoms with Crippen molar-refractivity contribution in [3.63, 3.8) is 0 Å². The van der Waals surface area contributed by atoms with Crippen LogP contribution in [0.2, 0.25) is 0 Å². The predicted molar refractivity (Wildman–Crippen MR) is 100 cm³/mol. The van der Waals surface area contributed by atoms with Gasteiger partial charge in [-0.3, -0.25) is 9.59 Å². The minimum atomic E-state index is -0.220. The fourth-order valence-corrected chi connectivity index (χ4v) is 3.38. The molecule has 1 saturated heterocycles. The molecule has 0 saturated carbocycles. The van der Waals surface area contributed by atoms with Crippen LogP contribution in [0.25, 0.3) is 0 Å². The Balaban J connectivity index is 1.62. The van der Waals surface area contributed by atoms with Gasteiger partial charge in [0.2, 0.25) is 5.91 Å². The zero-order chi connectivity index (χ0) is 18.5. The van der Waals surface area contributed by atoms with E-state index >= 15 is 0 Å². The van der Waals surface area contributed by atoms with E-state index in [-0.39, 0.29) is 24.4 Å².